The Labute approximate surface area is 161 Å². The molecule has 0 bridgehead atoms. The van der Waals surface area contributed by atoms with Crippen LogP contribution in [0.5, 0.6) is 0 Å². The molecule has 0 unspecified atom stereocenters. The number of aromatic nitrogens is 3. The SMILES string of the molecule is O=C(Nc1ccc(-c2nnc3n2CCCCCC3)cc1)c1cc(F)ccc1F. The molecular weight excluding hydrogens is 362 g/mol. The van der Waals surface area contributed by atoms with Crippen LogP contribution in [-0.4, -0.2) is 20.7 Å². The third-order valence-corrected chi connectivity index (χ3v) is 4.93. The highest BCUT2D eigenvalue weighted by molar-refractivity contribution is 6.04. The molecule has 4 rings (SSSR count). The predicted molar refractivity (Wildman–Crippen MR) is 102 cm³/mol. The summed E-state index contributed by atoms with van der Waals surface area (Å²) in [5, 5.41) is 11.3. The number of hydrogen-bond donors (Lipinski definition) is 1. The van der Waals surface area contributed by atoms with Crippen molar-refractivity contribution in [2.24, 2.45) is 0 Å². The van der Waals surface area contributed by atoms with E-state index in [2.05, 4.69) is 20.1 Å². The fourth-order valence-electron chi connectivity index (χ4n) is 3.45. The van der Waals surface area contributed by atoms with Crippen molar-refractivity contribution in [1.82, 2.24) is 14.8 Å². The molecule has 1 aliphatic rings. The lowest BCUT2D eigenvalue weighted by molar-refractivity contribution is 0.102. The Morgan fingerprint density at radius 2 is 1.75 bits per heavy atom. The second-order valence-electron chi connectivity index (χ2n) is 6.91. The van der Waals surface area contributed by atoms with E-state index >= 15 is 0 Å². The quantitative estimate of drug-likeness (QED) is 0.721. The molecule has 144 valence electrons. The molecule has 3 aromatic rings. The van der Waals surface area contributed by atoms with Crippen LogP contribution in [0.2, 0.25) is 0 Å². The largest absolute Gasteiger partial charge is 0.322 e. The smallest absolute Gasteiger partial charge is 0.258 e. The average molecular weight is 382 g/mol. The molecule has 0 atom stereocenters. The Hall–Kier alpha value is -3.09. The summed E-state index contributed by atoms with van der Waals surface area (Å²) in [4.78, 5) is 12.2. The highest BCUT2D eigenvalue weighted by atomic mass is 19.1. The first kappa shape index (κ1) is 18.3. The van der Waals surface area contributed by atoms with Crippen molar-refractivity contribution >= 4 is 11.6 Å². The van der Waals surface area contributed by atoms with Gasteiger partial charge in [0.05, 0.1) is 5.56 Å². The molecule has 7 heteroatoms. The molecule has 0 radical (unpaired) electrons. The van der Waals surface area contributed by atoms with E-state index in [1.165, 1.54) is 12.8 Å². The third kappa shape index (κ3) is 3.78. The number of carbonyl (C=O) groups excluding carboxylic acids is 1. The summed E-state index contributed by atoms with van der Waals surface area (Å²) >= 11 is 0. The van der Waals surface area contributed by atoms with Crippen LogP contribution < -0.4 is 5.32 Å². The van der Waals surface area contributed by atoms with Gasteiger partial charge >= 0.3 is 0 Å². The Morgan fingerprint density at radius 1 is 0.964 bits per heavy atom. The number of amides is 1. The molecule has 1 aromatic heterocycles. The maximum absolute atomic E-state index is 13.7. The van der Waals surface area contributed by atoms with Gasteiger partial charge in [0.1, 0.15) is 17.5 Å². The lowest BCUT2D eigenvalue weighted by Gasteiger charge is -2.13. The number of fused-ring (bicyclic) bond motifs is 1. The summed E-state index contributed by atoms with van der Waals surface area (Å²) < 4.78 is 29.2. The normalized spacial score (nSPS) is 14.1. The highest BCUT2D eigenvalue weighted by Crippen LogP contribution is 2.24. The van der Waals surface area contributed by atoms with E-state index in [9.17, 15) is 13.6 Å². The minimum atomic E-state index is -0.766. The lowest BCUT2D eigenvalue weighted by Crippen LogP contribution is -2.14. The first-order valence-corrected chi connectivity index (χ1v) is 9.41. The first-order chi connectivity index (χ1) is 13.6. The van der Waals surface area contributed by atoms with Crippen molar-refractivity contribution in [3.8, 4) is 11.4 Å². The molecule has 0 saturated carbocycles. The number of hydrogen-bond acceptors (Lipinski definition) is 3. The van der Waals surface area contributed by atoms with Crippen LogP contribution in [-0.2, 0) is 13.0 Å². The molecule has 0 fully saturated rings. The Balaban J connectivity index is 1.53. The molecule has 1 amide bonds. The molecule has 28 heavy (non-hydrogen) atoms. The number of carbonyl (C=O) groups is 1. The fourth-order valence-corrected chi connectivity index (χ4v) is 3.45. The minimum Gasteiger partial charge on any atom is -0.322 e. The average Bonchev–Trinajstić information content (AvgIpc) is 3.05. The zero-order chi connectivity index (χ0) is 19.5. The van der Waals surface area contributed by atoms with Crippen LogP contribution in [0.25, 0.3) is 11.4 Å². The van der Waals surface area contributed by atoms with Gasteiger partial charge in [0.2, 0.25) is 0 Å². The molecule has 2 heterocycles. The second kappa shape index (κ2) is 7.88. The van der Waals surface area contributed by atoms with Gasteiger partial charge in [-0.1, -0.05) is 12.8 Å². The first-order valence-electron chi connectivity index (χ1n) is 9.41. The van der Waals surface area contributed by atoms with Gasteiger partial charge in [-0.25, -0.2) is 8.78 Å². The topological polar surface area (TPSA) is 59.8 Å². The van der Waals surface area contributed by atoms with Gasteiger partial charge in [-0.2, -0.15) is 0 Å². The van der Waals surface area contributed by atoms with Crippen LogP contribution in [0.1, 0.15) is 41.9 Å². The van der Waals surface area contributed by atoms with Crippen LogP contribution in [0, 0.1) is 11.6 Å². The summed E-state index contributed by atoms with van der Waals surface area (Å²) in [7, 11) is 0. The molecule has 5 nitrogen and oxygen atoms in total. The molecule has 1 aliphatic heterocycles. The van der Waals surface area contributed by atoms with Crippen molar-refractivity contribution in [1.29, 1.82) is 0 Å². The number of nitrogens with one attached hydrogen (secondary N) is 1. The fraction of sp³-hybridized carbons (Fsp3) is 0.286. The number of rotatable bonds is 3. The number of halogens is 2. The van der Waals surface area contributed by atoms with Gasteiger partial charge in [0, 0.05) is 24.2 Å². The molecule has 1 N–H and O–H groups in total. The van der Waals surface area contributed by atoms with Gasteiger partial charge in [-0.05, 0) is 55.3 Å². The maximum atomic E-state index is 13.7. The molecule has 2 aromatic carbocycles. The Morgan fingerprint density at radius 3 is 2.57 bits per heavy atom. The zero-order valence-corrected chi connectivity index (χ0v) is 15.3. The molecule has 0 aliphatic carbocycles. The number of anilines is 1. The van der Waals surface area contributed by atoms with E-state index in [0.29, 0.717) is 5.69 Å². The highest BCUT2D eigenvalue weighted by Gasteiger charge is 2.16. The Kier molecular flexibility index (Phi) is 5.14. The summed E-state index contributed by atoms with van der Waals surface area (Å²) in [5.74, 6) is -0.306. The van der Waals surface area contributed by atoms with Crippen molar-refractivity contribution in [3.63, 3.8) is 0 Å². The van der Waals surface area contributed by atoms with Crippen LogP contribution in [0.3, 0.4) is 0 Å². The molecule has 0 spiro atoms. The van der Waals surface area contributed by atoms with Gasteiger partial charge in [0.25, 0.3) is 5.91 Å². The summed E-state index contributed by atoms with van der Waals surface area (Å²) in [6.45, 7) is 0.898. The van der Waals surface area contributed by atoms with Gasteiger partial charge in [-0.3, -0.25) is 4.79 Å². The maximum Gasteiger partial charge on any atom is 0.258 e. The number of nitrogens with zero attached hydrogens (tertiary/aromatic N) is 3. The third-order valence-electron chi connectivity index (χ3n) is 4.93. The monoisotopic (exact) mass is 382 g/mol. The van der Waals surface area contributed by atoms with Crippen LogP contribution >= 0.6 is 0 Å². The van der Waals surface area contributed by atoms with E-state index in [0.717, 1.165) is 61.2 Å². The Bertz CT molecular complexity index is 998. The standard InChI is InChI=1S/C21H20F2N4O/c22-15-8-11-18(23)17(13-15)21(28)24-16-9-6-14(7-10-16)20-26-25-19-5-3-1-2-4-12-27(19)20/h6-11,13H,1-5,12H2,(H,24,28). The van der Waals surface area contributed by atoms with Crippen LogP contribution in [0.4, 0.5) is 14.5 Å². The minimum absolute atomic E-state index is 0.331. The summed E-state index contributed by atoms with van der Waals surface area (Å²) in [5.41, 5.74) is 1.06. The van der Waals surface area contributed by atoms with Crippen molar-refractivity contribution in [2.45, 2.75) is 38.6 Å². The number of aryl methyl sites for hydroxylation is 1. The van der Waals surface area contributed by atoms with E-state index in [4.69, 9.17) is 0 Å². The molecular formula is C21H20F2N4O. The summed E-state index contributed by atoms with van der Waals surface area (Å²) in [6, 6.07) is 9.91. The predicted octanol–water partition coefficient (Wildman–Crippen LogP) is 4.59. The summed E-state index contributed by atoms with van der Waals surface area (Å²) in [6.07, 6.45) is 5.59. The van der Waals surface area contributed by atoms with Crippen molar-refractivity contribution in [2.75, 3.05) is 5.32 Å². The van der Waals surface area contributed by atoms with Gasteiger partial charge in [0.15, 0.2) is 5.82 Å². The van der Waals surface area contributed by atoms with Crippen molar-refractivity contribution < 1.29 is 13.6 Å². The number of benzene rings is 2. The lowest BCUT2D eigenvalue weighted by atomic mass is 10.1. The van der Waals surface area contributed by atoms with E-state index < -0.39 is 17.5 Å². The van der Waals surface area contributed by atoms with Gasteiger partial charge < -0.3 is 9.88 Å². The second-order valence-corrected chi connectivity index (χ2v) is 6.91. The van der Waals surface area contributed by atoms with Gasteiger partial charge in [-0.15, -0.1) is 10.2 Å². The zero-order valence-electron chi connectivity index (χ0n) is 15.3. The van der Waals surface area contributed by atoms with E-state index in [1.54, 1.807) is 12.1 Å². The van der Waals surface area contributed by atoms with Crippen molar-refractivity contribution in [3.05, 3.63) is 65.5 Å². The van der Waals surface area contributed by atoms with E-state index in [1.807, 2.05) is 12.1 Å². The van der Waals surface area contributed by atoms with Crippen LogP contribution in [0.15, 0.2) is 42.5 Å². The molecule has 0 saturated heterocycles. The van der Waals surface area contributed by atoms with E-state index in [-0.39, 0.29) is 5.56 Å².